The van der Waals surface area contributed by atoms with Crippen LogP contribution in [0.3, 0.4) is 0 Å². The van der Waals surface area contributed by atoms with Gasteiger partial charge in [-0.15, -0.1) is 0 Å². The van der Waals surface area contributed by atoms with Crippen molar-refractivity contribution in [2.24, 2.45) is 0 Å². The standard InChI is InChI=1S/C3H6O.C2HF3O2/c4-3-1-2-3;3-2(4,5)1(6)7/h3-4H,1-2H2;(H,6,7). The highest BCUT2D eigenvalue weighted by Crippen LogP contribution is 2.16. The number of carbonyl (C=O) groups is 1. The SMILES string of the molecule is O=C(O)C(F)(F)F.OC1CC1. The average Bonchev–Trinajstić information content (AvgIpc) is 2.49. The smallest absolute Gasteiger partial charge is 0.475 e. The number of alkyl halides is 3. The Morgan fingerprint density at radius 3 is 1.55 bits per heavy atom. The van der Waals surface area contributed by atoms with E-state index in [2.05, 4.69) is 0 Å². The number of hydrogen-bond acceptors (Lipinski definition) is 2. The van der Waals surface area contributed by atoms with Gasteiger partial charge in [-0.1, -0.05) is 0 Å². The zero-order valence-corrected chi connectivity index (χ0v) is 5.43. The molecule has 0 aromatic heterocycles. The van der Waals surface area contributed by atoms with Gasteiger partial charge < -0.3 is 10.2 Å². The minimum Gasteiger partial charge on any atom is -0.475 e. The van der Waals surface area contributed by atoms with Crippen LogP contribution < -0.4 is 0 Å². The molecule has 0 aromatic carbocycles. The number of hydrogen-bond donors (Lipinski definition) is 2. The first-order valence-electron chi connectivity index (χ1n) is 2.82. The molecule has 0 aliphatic heterocycles. The molecule has 0 atom stereocenters. The molecule has 2 N–H and O–H groups in total. The van der Waals surface area contributed by atoms with Crippen LogP contribution in [0, 0.1) is 0 Å². The maximum Gasteiger partial charge on any atom is 0.490 e. The zero-order valence-electron chi connectivity index (χ0n) is 5.43. The largest absolute Gasteiger partial charge is 0.490 e. The van der Waals surface area contributed by atoms with Crippen molar-refractivity contribution in [1.29, 1.82) is 0 Å². The highest BCUT2D eigenvalue weighted by atomic mass is 19.4. The summed E-state index contributed by atoms with van der Waals surface area (Å²) >= 11 is 0. The van der Waals surface area contributed by atoms with Crippen LogP contribution in [-0.4, -0.2) is 28.5 Å². The third-order valence-corrected chi connectivity index (χ3v) is 0.789. The molecule has 66 valence electrons. The van der Waals surface area contributed by atoms with Crippen molar-refractivity contribution in [2.75, 3.05) is 0 Å². The summed E-state index contributed by atoms with van der Waals surface area (Å²) in [5.41, 5.74) is 0. The number of carboxylic acid groups (broad SMARTS) is 1. The van der Waals surface area contributed by atoms with Gasteiger partial charge in [0.2, 0.25) is 0 Å². The molecule has 0 amide bonds. The summed E-state index contributed by atoms with van der Waals surface area (Å²) in [6, 6.07) is 0. The van der Waals surface area contributed by atoms with Crippen molar-refractivity contribution in [3.63, 3.8) is 0 Å². The summed E-state index contributed by atoms with van der Waals surface area (Å²) in [5.74, 6) is -2.76. The molecule has 1 saturated carbocycles. The molecule has 1 aliphatic carbocycles. The second-order valence-corrected chi connectivity index (χ2v) is 2.03. The minimum atomic E-state index is -5.08. The molecular formula is C5H7F3O3. The summed E-state index contributed by atoms with van der Waals surface area (Å²) in [5, 5.41) is 15.3. The molecular weight excluding hydrogens is 165 g/mol. The summed E-state index contributed by atoms with van der Waals surface area (Å²) < 4.78 is 31.7. The Bertz CT molecular complexity index is 138. The van der Waals surface area contributed by atoms with Crippen LogP contribution in [0.4, 0.5) is 13.2 Å². The van der Waals surface area contributed by atoms with Gasteiger partial charge in [-0.3, -0.25) is 0 Å². The predicted molar refractivity (Wildman–Crippen MR) is 28.9 cm³/mol. The molecule has 11 heavy (non-hydrogen) atoms. The van der Waals surface area contributed by atoms with Crippen molar-refractivity contribution in [3.05, 3.63) is 0 Å². The average molecular weight is 172 g/mol. The lowest BCUT2D eigenvalue weighted by Crippen LogP contribution is -2.21. The van der Waals surface area contributed by atoms with Gasteiger partial charge in [-0.05, 0) is 12.8 Å². The second kappa shape index (κ2) is 3.56. The molecule has 1 fully saturated rings. The van der Waals surface area contributed by atoms with Gasteiger partial charge in [0.1, 0.15) is 0 Å². The van der Waals surface area contributed by atoms with Crippen molar-refractivity contribution in [2.45, 2.75) is 25.1 Å². The molecule has 0 spiro atoms. The Morgan fingerprint density at radius 1 is 1.36 bits per heavy atom. The number of aliphatic hydroxyl groups is 1. The number of aliphatic hydroxyl groups excluding tert-OH is 1. The van der Waals surface area contributed by atoms with Crippen LogP contribution in [0.15, 0.2) is 0 Å². The third kappa shape index (κ3) is 7.11. The van der Waals surface area contributed by atoms with Crippen LogP contribution >= 0.6 is 0 Å². The lowest BCUT2D eigenvalue weighted by atomic mass is 10.7. The summed E-state index contributed by atoms with van der Waals surface area (Å²) in [4.78, 5) is 8.90. The Balaban J connectivity index is 0.000000207. The highest BCUT2D eigenvalue weighted by molar-refractivity contribution is 5.73. The lowest BCUT2D eigenvalue weighted by Gasteiger charge is -1.93. The van der Waals surface area contributed by atoms with Crippen LogP contribution in [-0.2, 0) is 4.79 Å². The van der Waals surface area contributed by atoms with Crippen LogP contribution in [0.5, 0.6) is 0 Å². The van der Waals surface area contributed by atoms with E-state index in [1.165, 1.54) is 0 Å². The fraction of sp³-hybridized carbons (Fsp3) is 0.800. The number of carboxylic acids is 1. The fourth-order valence-electron chi connectivity index (χ4n) is 0.0745. The second-order valence-electron chi connectivity index (χ2n) is 2.03. The summed E-state index contributed by atoms with van der Waals surface area (Å²) in [6.45, 7) is 0. The first-order chi connectivity index (χ1) is 4.84. The van der Waals surface area contributed by atoms with Gasteiger partial charge in [0.15, 0.2) is 0 Å². The van der Waals surface area contributed by atoms with Gasteiger partial charge >= 0.3 is 12.1 Å². The Kier molecular flexibility index (Phi) is 3.31. The van der Waals surface area contributed by atoms with E-state index in [4.69, 9.17) is 15.0 Å². The molecule has 0 unspecified atom stereocenters. The van der Waals surface area contributed by atoms with Gasteiger partial charge in [-0.2, -0.15) is 13.2 Å². The number of rotatable bonds is 0. The topological polar surface area (TPSA) is 57.5 Å². The Morgan fingerprint density at radius 2 is 1.55 bits per heavy atom. The molecule has 1 aliphatic rings. The molecule has 0 heterocycles. The zero-order chi connectivity index (χ0) is 9.07. The maximum atomic E-state index is 10.6. The van der Waals surface area contributed by atoms with E-state index >= 15 is 0 Å². The predicted octanol–water partition coefficient (Wildman–Crippen LogP) is 0.774. The normalized spacial score (nSPS) is 16.7. The van der Waals surface area contributed by atoms with Crippen LogP contribution in [0.25, 0.3) is 0 Å². The molecule has 0 aromatic rings. The Labute approximate surface area is 60.4 Å². The first-order valence-corrected chi connectivity index (χ1v) is 2.82. The van der Waals surface area contributed by atoms with Crippen molar-refractivity contribution in [1.82, 2.24) is 0 Å². The van der Waals surface area contributed by atoms with Gasteiger partial charge in [-0.25, -0.2) is 4.79 Å². The van der Waals surface area contributed by atoms with Crippen molar-refractivity contribution < 1.29 is 28.2 Å². The van der Waals surface area contributed by atoms with Crippen molar-refractivity contribution >= 4 is 5.97 Å². The number of aliphatic carboxylic acids is 1. The Hall–Kier alpha value is -0.780. The van der Waals surface area contributed by atoms with E-state index in [-0.39, 0.29) is 6.10 Å². The number of halogens is 3. The van der Waals surface area contributed by atoms with E-state index in [9.17, 15) is 13.2 Å². The quantitative estimate of drug-likeness (QED) is 0.567. The monoisotopic (exact) mass is 172 g/mol. The summed E-state index contributed by atoms with van der Waals surface area (Å²) in [6.07, 6.45) is -2.92. The molecule has 3 nitrogen and oxygen atoms in total. The molecule has 0 radical (unpaired) electrons. The third-order valence-electron chi connectivity index (χ3n) is 0.789. The van der Waals surface area contributed by atoms with Gasteiger partial charge in [0.25, 0.3) is 0 Å². The maximum absolute atomic E-state index is 10.6. The van der Waals surface area contributed by atoms with Crippen molar-refractivity contribution in [3.8, 4) is 0 Å². The molecule has 0 bridgehead atoms. The van der Waals surface area contributed by atoms with Crippen LogP contribution in [0.2, 0.25) is 0 Å². The molecule has 6 heteroatoms. The summed E-state index contributed by atoms with van der Waals surface area (Å²) in [7, 11) is 0. The lowest BCUT2D eigenvalue weighted by molar-refractivity contribution is -0.192. The fourth-order valence-corrected chi connectivity index (χ4v) is 0.0745. The van der Waals surface area contributed by atoms with Crippen LogP contribution in [0.1, 0.15) is 12.8 Å². The van der Waals surface area contributed by atoms with E-state index in [0.717, 1.165) is 12.8 Å². The molecule has 1 rings (SSSR count). The first kappa shape index (κ1) is 10.2. The minimum absolute atomic E-state index is 0.0833. The van der Waals surface area contributed by atoms with E-state index < -0.39 is 12.1 Å². The van der Waals surface area contributed by atoms with Gasteiger partial charge in [0, 0.05) is 0 Å². The highest BCUT2D eigenvalue weighted by Gasteiger charge is 2.38. The van der Waals surface area contributed by atoms with E-state index in [0.29, 0.717) is 0 Å². The van der Waals surface area contributed by atoms with Gasteiger partial charge in [0.05, 0.1) is 6.10 Å². The van der Waals surface area contributed by atoms with E-state index in [1.54, 1.807) is 0 Å². The molecule has 0 saturated heterocycles. The van der Waals surface area contributed by atoms with E-state index in [1.807, 2.05) is 0 Å².